The highest BCUT2D eigenvalue weighted by atomic mass is 79.9. The molecule has 2 rings (SSSR count). The fourth-order valence-electron chi connectivity index (χ4n) is 2.72. The number of methoxy groups -OCH3 is 1. The summed E-state index contributed by atoms with van der Waals surface area (Å²) in [5.41, 5.74) is 1.18. The molecule has 0 aromatic heterocycles. The molecule has 20 heavy (non-hydrogen) atoms. The van der Waals surface area contributed by atoms with Crippen molar-refractivity contribution in [2.45, 2.75) is 51.2 Å². The Morgan fingerprint density at radius 3 is 2.50 bits per heavy atom. The van der Waals surface area contributed by atoms with Crippen LogP contribution in [-0.4, -0.2) is 20.3 Å². The molecule has 0 atom stereocenters. The first-order valence-electron chi connectivity index (χ1n) is 7.42. The van der Waals surface area contributed by atoms with Crippen LogP contribution in [0.25, 0.3) is 0 Å². The number of benzene rings is 1. The molecule has 1 aliphatic carbocycles. The Morgan fingerprint density at radius 2 is 1.90 bits per heavy atom. The molecule has 1 aromatic rings. The van der Waals surface area contributed by atoms with Gasteiger partial charge in [-0.3, -0.25) is 0 Å². The summed E-state index contributed by atoms with van der Waals surface area (Å²) in [5, 5.41) is 3.15. The summed E-state index contributed by atoms with van der Waals surface area (Å²) in [4.78, 5) is 0. The average molecular weight is 342 g/mol. The van der Waals surface area contributed by atoms with Crippen molar-refractivity contribution in [3.05, 3.63) is 22.2 Å². The molecular weight excluding hydrogens is 318 g/mol. The van der Waals surface area contributed by atoms with Gasteiger partial charge >= 0.3 is 0 Å². The predicted molar refractivity (Wildman–Crippen MR) is 85.6 cm³/mol. The summed E-state index contributed by atoms with van der Waals surface area (Å²) in [6, 6.07) is 4.15. The van der Waals surface area contributed by atoms with Gasteiger partial charge in [0, 0.05) is 6.54 Å². The quantitative estimate of drug-likeness (QED) is 0.811. The number of rotatable bonds is 5. The molecule has 3 nitrogen and oxygen atoms in total. The van der Waals surface area contributed by atoms with Gasteiger partial charge in [0.25, 0.3) is 0 Å². The van der Waals surface area contributed by atoms with E-state index in [4.69, 9.17) is 9.47 Å². The lowest BCUT2D eigenvalue weighted by molar-refractivity contribution is 0.175. The Labute approximate surface area is 130 Å². The van der Waals surface area contributed by atoms with E-state index in [-0.39, 0.29) is 0 Å². The third kappa shape index (κ3) is 4.13. The van der Waals surface area contributed by atoms with E-state index >= 15 is 0 Å². The molecule has 0 spiro atoms. The van der Waals surface area contributed by atoms with Crippen LogP contribution in [0.5, 0.6) is 11.5 Å². The lowest BCUT2D eigenvalue weighted by Crippen LogP contribution is -2.16. The fourth-order valence-corrected chi connectivity index (χ4v) is 3.30. The predicted octanol–water partition coefficient (Wildman–Crippen LogP) is 4.28. The van der Waals surface area contributed by atoms with Crippen molar-refractivity contribution in [3.8, 4) is 11.5 Å². The molecule has 0 saturated heterocycles. The van der Waals surface area contributed by atoms with Gasteiger partial charge in [-0.05, 0) is 66.4 Å². The van der Waals surface area contributed by atoms with Crippen LogP contribution in [0.2, 0.25) is 0 Å². The summed E-state index contributed by atoms with van der Waals surface area (Å²) in [6.07, 6.45) is 7.81. The first-order valence-corrected chi connectivity index (χ1v) is 8.21. The van der Waals surface area contributed by atoms with Gasteiger partial charge in [0.15, 0.2) is 11.5 Å². The minimum absolute atomic E-state index is 0.317. The molecule has 0 bridgehead atoms. The number of nitrogens with one attached hydrogen (secondary N) is 1. The van der Waals surface area contributed by atoms with Gasteiger partial charge in [-0.15, -0.1) is 0 Å². The Balaban J connectivity index is 2.16. The summed E-state index contributed by atoms with van der Waals surface area (Å²) >= 11 is 3.62. The molecular formula is C16H24BrNO2. The number of ether oxygens (including phenoxy) is 2. The SMILES string of the molecule is CNCc1cc(Br)c(OC2CCCCCC2)c(OC)c1. The van der Waals surface area contributed by atoms with E-state index in [2.05, 4.69) is 27.3 Å². The summed E-state index contributed by atoms with van der Waals surface area (Å²) < 4.78 is 12.7. The van der Waals surface area contributed by atoms with E-state index in [0.717, 1.165) is 35.4 Å². The lowest BCUT2D eigenvalue weighted by atomic mass is 10.1. The zero-order valence-corrected chi connectivity index (χ0v) is 14.0. The molecule has 1 aliphatic rings. The maximum Gasteiger partial charge on any atom is 0.175 e. The van der Waals surface area contributed by atoms with Crippen molar-refractivity contribution in [2.24, 2.45) is 0 Å². The van der Waals surface area contributed by atoms with Gasteiger partial charge in [-0.2, -0.15) is 0 Å². The maximum absolute atomic E-state index is 6.23. The second kappa shape index (κ2) is 7.89. The largest absolute Gasteiger partial charge is 0.493 e. The molecule has 0 unspecified atom stereocenters. The Morgan fingerprint density at radius 1 is 1.20 bits per heavy atom. The van der Waals surface area contributed by atoms with Crippen molar-refractivity contribution in [2.75, 3.05) is 14.2 Å². The van der Waals surface area contributed by atoms with Crippen LogP contribution in [0.4, 0.5) is 0 Å². The second-order valence-corrected chi connectivity index (χ2v) is 6.23. The number of hydrogen-bond acceptors (Lipinski definition) is 3. The van der Waals surface area contributed by atoms with Crippen LogP contribution in [0, 0.1) is 0 Å². The molecule has 0 aliphatic heterocycles. The minimum Gasteiger partial charge on any atom is -0.493 e. The van der Waals surface area contributed by atoms with Gasteiger partial charge in [-0.1, -0.05) is 12.8 Å². The van der Waals surface area contributed by atoms with Gasteiger partial charge < -0.3 is 14.8 Å². The monoisotopic (exact) mass is 341 g/mol. The van der Waals surface area contributed by atoms with Crippen molar-refractivity contribution in [3.63, 3.8) is 0 Å². The van der Waals surface area contributed by atoms with Gasteiger partial charge in [0.1, 0.15) is 0 Å². The van der Waals surface area contributed by atoms with Crippen LogP contribution < -0.4 is 14.8 Å². The molecule has 0 amide bonds. The third-order valence-electron chi connectivity index (χ3n) is 3.76. The average Bonchev–Trinajstić information content (AvgIpc) is 2.70. The van der Waals surface area contributed by atoms with Gasteiger partial charge in [0.2, 0.25) is 0 Å². The van der Waals surface area contributed by atoms with Crippen molar-refractivity contribution in [1.82, 2.24) is 5.32 Å². The van der Waals surface area contributed by atoms with E-state index in [1.54, 1.807) is 7.11 Å². The third-order valence-corrected chi connectivity index (χ3v) is 4.35. The first kappa shape index (κ1) is 15.6. The van der Waals surface area contributed by atoms with E-state index < -0.39 is 0 Å². The Kier molecular flexibility index (Phi) is 6.17. The van der Waals surface area contributed by atoms with E-state index in [9.17, 15) is 0 Å². The maximum atomic E-state index is 6.23. The second-order valence-electron chi connectivity index (χ2n) is 5.37. The van der Waals surface area contributed by atoms with Crippen molar-refractivity contribution in [1.29, 1.82) is 0 Å². The Hall–Kier alpha value is -0.740. The van der Waals surface area contributed by atoms with E-state index in [0.29, 0.717) is 6.10 Å². The normalized spacial score (nSPS) is 16.8. The molecule has 0 radical (unpaired) electrons. The van der Waals surface area contributed by atoms with Crippen molar-refractivity contribution < 1.29 is 9.47 Å². The van der Waals surface area contributed by atoms with Crippen LogP contribution >= 0.6 is 15.9 Å². The van der Waals surface area contributed by atoms with Crippen LogP contribution in [0.15, 0.2) is 16.6 Å². The molecule has 4 heteroatoms. The highest BCUT2D eigenvalue weighted by Crippen LogP contribution is 2.38. The van der Waals surface area contributed by atoms with Gasteiger partial charge in [0.05, 0.1) is 17.7 Å². The summed E-state index contributed by atoms with van der Waals surface area (Å²) in [5.74, 6) is 1.66. The zero-order chi connectivity index (χ0) is 14.4. The van der Waals surface area contributed by atoms with E-state index in [1.807, 2.05) is 13.1 Å². The Bertz CT molecular complexity index is 429. The van der Waals surface area contributed by atoms with E-state index in [1.165, 1.54) is 31.2 Å². The zero-order valence-electron chi connectivity index (χ0n) is 12.4. The smallest absolute Gasteiger partial charge is 0.175 e. The number of hydrogen-bond donors (Lipinski definition) is 1. The lowest BCUT2D eigenvalue weighted by Gasteiger charge is -2.20. The molecule has 1 aromatic carbocycles. The summed E-state index contributed by atoms with van der Waals surface area (Å²) in [7, 11) is 3.64. The van der Waals surface area contributed by atoms with Crippen molar-refractivity contribution >= 4 is 15.9 Å². The first-order chi connectivity index (χ1) is 9.74. The topological polar surface area (TPSA) is 30.5 Å². The molecule has 0 heterocycles. The molecule has 1 fully saturated rings. The van der Waals surface area contributed by atoms with Crippen LogP contribution in [0.3, 0.4) is 0 Å². The van der Waals surface area contributed by atoms with Gasteiger partial charge in [-0.25, -0.2) is 0 Å². The minimum atomic E-state index is 0.317. The molecule has 1 N–H and O–H groups in total. The summed E-state index contributed by atoms with van der Waals surface area (Å²) in [6.45, 7) is 0.818. The highest BCUT2D eigenvalue weighted by molar-refractivity contribution is 9.10. The standard InChI is InChI=1S/C16H24BrNO2/c1-18-11-12-9-14(17)16(15(10-12)19-2)20-13-7-5-3-4-6-8-13/h9-10,13,18H,3-8,11H2,1-2H3. The molecule has 1 saturated carbocycles. The number of halogens is 1. The highest BCUT2D eigenvalue weighted by Gasteiger charge is 2.18. The fraction of sp³-hybridized carbons (Fsp3) is 0.625. The van der Waals surface area contributed by atoms with Crippen LogP contribution in [-0.2, 0) is 6.54 Å². The molecule has 112 valence electrons. The van der Waals surface area contributed by atoms with Crippen LogP contribution in [0.1, 0.15) is 44.1 Å².